The minimum Gasteiger partial charge on any atom is -0.384 e. The van der Waals surface area contributed by atoms with Crippen LogP contribution < -0.4 is 5.73 Å². The summed E-state index contributed by atoms with van der Waals surface area (Å²) >= 11 is 0. The summed E-state index contributed by atoms with van der Waals surface area (Å²) < 4.78 is 5.36. The van der Waals surface area contributed by atoms with Crippen molar-refractivity contribution in [3.05, 3.63) is 18.1 Å². The molecule has 2 aromatic heterocycles. The molecule has 1 aliphatic rings. The van der Waals surface area contributed by atoms with Gasteiger partial charge >= 0.3 is 0 Å². The van der Waals surface area contributed by atoms with Gasteiger partial charge in [-0.3, -0.25) is 0 Å². The molecular formula is C11H14N4O. The van der Waals surface area contributed by atoms with Crippen molar-refractivity contribution < 1.29 is 4.74 Å². The highest BCUT2D eigenvalue weighted by atomic mass is 16.5. The number of aromatic amines is 1. The number of anilines is 1. The molecule has 0 spiro atoms. The Balaban J connectivity index is 2.09. The second-order valence-corrected chi connectivity index (χ2v) is 4.12. The number of pyridine rings is 1. The quantitative estimate of drug-likeness (QED) is 0.759. The zero-order chi connectivity index (χ0) is 11.0. The number of nitrogen functional groups attached to an aromatic ring is 1. The summed E-state index contributed by atoms with van der Waals surface area (Å²) in [5.74, 6) is 0.973. The Morgan fingerprint density at radius 3 is 3.00 bits per heavy atom. The number of hydrogen-bond acceptors (Lipinski definition) is 4. The summed E-state index contributed by atoms with van der Waals surface area (Å²) in [4.78, 5) is 11.8. The third-order valence-electron chi connectivity index (χ3n) is 3.06. The van der Waals surface area contributed by atoms with Crippen LogP contribution in [0, 0.1) is 0 Å². The summed E-state index contributed by atoms with van der Waals surface area (Å²) in [7, 11) is 0. The van der Waals surface area contributed by atoms with Crippen LogP contribution >= 0.6 is 0 Å². The van der Waals surface area contributed by atoms with Crippen molar-refractivity contribution >= 4 is 16.9 Å². The summed E-state index contributed by atoms with van der Waals surface area (Å²) in [5.41, 5.74) is 8.73. The predicted octanol–water partition coefficient (Wildman–Crippen LogP) is 1.43. The first-order valence-corrected chi connectivity index (χ1v) is 5.52. The Labute approximate surface area is 93.0 Å². The van der Waals surface area contributed by atoms with E-state index in [-0.39, 0.29) is 0 Å². The van der Waals surface area contributed by atoms with Gasteiger partial charge in [0.25, 0.3) is 0 Å². The maximum atomic E-state index is 5.80. The minimum atomic E-state index is 0.419. The van der Waals surface area contributed by atoms with Gasteiger partial charge in [-0.25, -0.2) is 9.97 Å². The number of ether oxygens (including phenoxy) is 1. The molecule has 5 nitrogen and oxygen atoms in total. The lowest BCUT2D eigenvalue weighted by molar-refractivity contribution is 0.0848. The van der Waals surface area contributed by atoms with Gasteiger partial charge in [-0.1, -0.05) is 0 Å². The maximum Gasteiger partial charge on any atom is 0.125 e. The standard InChI is InChI=1S/C11H14N4O/c12-9-5-8-11(14-6-13-8)10(15-9)7-1-3-16-4-2-7/h5-7H,1-4H2,(H2,12,15)(H,13,14). The topological polar surface area (TPSA) is 76.8 Å². The number of H-pyrrole nitrogens is 1. The molecule has 3 heterocycles. The van der Waals surface area contributed by atoms with Gasteiger partial charge in [0.2, 0.25) is 0 Å². The van der Waals surface area contributed by atoms with Crippen LogP contribution in [0.25, 0.3) is 11.0 Å². The number of hydrogen-bond donors (Lipinski definition) is 2. The minimum absolute atomic E-state index is 0.419. The molecule has 3 rings (SSSR count). The van der Waals surface area contributed by atoms with Gasteiger partial charge in [0.1, 0.15) is 11.3 Å². The highest BCUT2D eigenvalue weighted by Gasteiger charge is 2.21. The number of nitrogens with one attached hydrogen (secondary N) is 1. The highest BCUT2D eigenvalue weighted by molar-refractivity contribution is 5.79. The Kier molecular flexibility index (Phi) is 2.25. The average Bonchev–Trinajstić information content (AvgIpc) is 2.77. The van der Waals surface area contributed by atoms with Crippen LogP contribution in [0.3, 0.4) is 0 Å². The number of fused-ring (bicyclic) bond motifs is 1. The van der Waals surface area contributed by atoms with Crippen molar-refractivity contribution in [1.29, 1.82) is 0 Å². The van der Waals surface area contributed by atoms with Gasteiger partial charge in [-0.2, -0.15) is 0 Å². The lowest BCUT2D eigenvalue weighted by Crippen LogP contribution is -2.16. The Morgan fingerprint density at radius 1 is 1.38 bits per heavy atom. The molecule has 1 aliphatic heterocycles. The van der Waals surface area contributed by atoms with E-state index in [1.165, 1.54) is 0 Å². The Hall–Kier alpha value is -1.62. The molecule has 1 saturated heterocycles. The van der Waals surface area contributed by atoms with Crippen molar-refractivity contribution in [3.8, 4) is 0 Å². The van der Waals surface area contributed by atoms with E-state index in [0.717, 1.165) is 42.8 Å². The Bertz CT molecular complexity index is 502. The van der Waals surface area contributed by atoms with Crippen LogP contribution in [0.4, 0.5) is 5.82 Å². The monoisotopic (exact) mass is 218 g/mol. The first kappa shape index (κ1) is 9.59. The normalized spacial score (nSPS) is 18.0. The zero-order valence-electron chi connectivity index (χ0n) is 8.94. The molecule has 3 N–H and O–H groups in total. The van der Waals surface area contributed by atoms with E-state index < -0.39 is 0 Å². The molecule has 0 unspecified atom stereocenters. The highest BCUT2D eigenvalue weighted by Crippen LogP contribution is 2.30. The summed E-state index contributed by atoms with van der Waals surface area (Å²) in [6, 6.07) is 1.82. The summed E-state index contributed by atoms with van der Waals surface area (Å²) in [5, 5.41) is 0. The SMILES string of the molecule is Nc1cc2[nH]cnc2c(C2CCOCC2)n1. The van der Waals surface area contributed by atoms with Crippen molar-refractivity contribution in [2.75, 3.05) is 18.9 Å². The second kappa shape index (κ2) is 3.75. The lowest BCUT2D eigenvalue weighted by Gasteiger charge is -2.21. The van der Waals surface area contributed by atoms with Crippen LogP contribution in [-0.2, 0) is 4.74 Å². The molecule has 0 bridgehead atoms. The smallest absolute Gasteiger partial charge is 0.125 e. The largest absolute Gasteiger partial charge is 0.384 e. The molecule has 0 aliphatic carbocycles. The van der Waals surface area contributed by atoms with Gasteiger partial charge in [0.05, 0.1) is 17.5 Å². The molecule has 0 amide bonds. The molecule has 2 aromatic rings. The Morgan fingerprint density at radius 2 is 2.19 bits per heavy atom. The zero-order valence-corrected chi connectivity index (χ0v) is 8.94. The second-order valence-electron chi connectivity index (χ2n) is 4.12. The van der Waals surface area contributed by atoms with Crippen molar-refractivity contribution in [3.63, 3.8) is 0 Å². The van der Waals surface area contributed by atoms with Crippen LogP contribution in [0.15, 0.2) is 12.4 Å². The fourth-order valence-corrected chi connectivity index (χ4v) is 2.25. The number of imidazole rings is 1. The van der Waals surface area contributed by atoms with Crippen molar-refractivity contribution in [2.45, 2.75) is 18.8 Å². The van der Waals surface area contributed by atoms with Gasteiger partial charge in [-0.15, -0.1) is 0 Å². The molecule has 5 heteroatoms. The van der Waals surface area contributed by atoms with Gasteiger partial charge in [0.15, 0.2) is 0 Å². The molecule has 1 fully saturated rings. The van der Waals surface area contributed by atoms with E-state index in [1.807, 2.05) is 6.07 Å². The van der Waals surface area contributed by atoms with Crippen LogP contribution in [0.1, 0.15) is 24.5 Å². The summed E-state index contributed by atoms with van der Waals surface area (Å²) in [6.07, 6.45) is 3.69. The molecular weight excluding hydrogens is 204 g/mol. The number of aromatic nitrogens is 3. The molecule has 0 atom stereocenters. The van der Waals surface area contributed by atoms with Crippen LogP contribution in [-0.4, -0.2) is 28.2 Å². The maximum absolute atomic E-state index is 5.80. The fraction of sp³-hybridized carbons (Fsp3) is 0.455. The van der Waals surface area contributed by atoms with Crippen LogP contribution in [0.5, 0.6) is 0 Å². The summed E-state index contributed by atoms with van der Waals surface area (Å²) in [6.45, 7) is 1.60. The fourth-order valence-electron chi connectivity index (χ4n) is 2.25. The predicted molar refractivity (Wildman–Crippen MR) is 61.1 cm³/mol. The van der Waals surface area contributed by atoms with Gasteiger partial charge < -0.3 is 15.5 Å². The van der Waals surface area contributed by atoms with E-state index in [0.29, 0.717) is 11.7 Å². The third kappa shape index (κ3) is 1.53. The van der Waals surface area contributed by atoms with Crippen molar-refractivity contribution in [2.24, 2.45) is 0 Å². The number of nitrogens with zero attached hydrogens (tertiary/aromatic N) is 2. The molecule has 0 aromatic carbocycles. The molecule has 0 radical (unpaired) electrons. The number of rotatable bonds is 1. The first-order valence-electron chi connectivity index (χ1n) is 5.52. The van der Waals surface area contributed by atoms with Crippen LogP contribution in [0.2, 0.25) is 0 Å². The van der Waals surface area contributed by atoms with Gasteiger partial charge in [-0.05, 0) is 12.8 Å². The molecule has 0 saturated carbocycles. The van der Waals surface area contributed by atoms with E-state index in [2.05, 4.69) is 15.0 Å². The number of nitrogens with two attached hydrogens (primary N) is 1. The lowest BCUT2D eigenvalue weighted by atomic mass is 9.95. The molecule has 84 valence electrons. The third-order valence-corrected chi connectivity index (χ3v) is 3.06. The molecule has 16 heavy (non-hydrogen) atoms. The van der Waals surface area contributed by atoms with E-state index in [1.54, 1.807) is 6.33 Å². The average molecular weight is 218 g/mol. The van der Waals surface area contributed by atoms with E-state index in [9.17, 15) is 0 Å². The first-order chi connectivity index (χ1) is 7.84. The van der Waals surface area contributed by atoms with E-state index >= 15 is 0 Å². The van der Waals surface area contributed by atoms with E-state index in [4.69, 9.17) is 10.5 Å². The van der Waals surface area contributed by atoms with Gasteiger partial charge in [0, 0.05) is 25.2 Å². The van der Waals surface area contributed by atoms with Crippen molar-refractivity contribution in [1.82, 2.24) is 15.0 Å².